The minimum Gasteiger partial charge on any atom is -0.481 e. The standard InChI is InChI=1S/C14H24N2O4/c1-10(17)11-3-6-16(9-11)13(20)15-7-4-14(2,5-8-15)12(18)19/h10-11,17H,3-9H2,1-2H3,(H,18,19). The number of hydrogen-bond donors (Lipinski definition) is 2. The summed E-state index contributed by atoms with van der Waals surface area (Å²) in [6.07, 6.45) is 1.46. The molecule has 0 spiro atoms. The molecule has 0 bridgehead atoms. The third-order valence-electron chi connectivity index (χ3n) is 4.83. The van der Waals surface area contributed by atoms with Crippen LogP contribution in [0.5, 0.6) is 0 Å². The van der Waals surface area contributed by atoms with E-state index in [0.29, 0.717) is 39.0 Å². The van der Waals surface area contributed by atoms with Crippen LogP contribution in [0.3, 0.4) is 0 Å². The topological polar surface area (TPSA) is 81.1 Å². The van der Waals surface area contributed by atoms with E-state index in [1.165, 1.54) is 0 Å². The van der Waals surface area contributed by atoms with Gasteiger partial charge in [0.05, 0.1) is 11.5 Å². The highest BCUT2D eigenvalue weighted by atomic mass is 16.4. The minimum absolute atomic E-state index is 0.0133. The van der Waals surface area contributed by atoms with Crippen LogP contribution in [0.15, 0.2) is 0 Å². The second kappa shape index (κ2) is 5.60. The van der Waals surface area contributed by atoms with Gasteiger partial charge >= 0.3 is 12.0 Å². The van der Waals surface area contributed by atoms with Crippen LogP contribution in [0.25, 0.3) is 0 Å². The molecule has 2 fully saturated rings. The van der Waals surface area contributed by atoms with Crippen LogP contribution in [0.2, 0.25) is 0 Å². The van der Waals surface area contributed by atoms with Crippen LogP contribution < -0.4 is 0 Å². The lowest BCUT2D eigenvalue weighted by molar-refractivity contribution is -0.150. The number of aliphatic hydroxyl groups excluding tert-OH is 1. The molecule has 20 heavy (non-hydrogen) atoms. The Morgan fingerprint density at radius 3 is 2.25 bits per heavy atom. The summed E-state index contributed by atoms with van der Waals surface area (Å²) in [5.74, 6) is -0.618. The lowest BCUT2D eigenvalue weighted by Crippen LogP contribution is -2.49. The number of hydrogen-bond acceptors (Lipinski definition) is 3. The third-order valence-corrected chi connectivity index (χ3v) is 4.83. The molecule has 2 heterocycles. The zero-order chi connectivity index (χ0) is 14.9. The van der Waals surface area contributed by atoms with Crippen molar-refractivity contribution >= 4 is 12.0 Å². The Morgan fingerprint density at radius 1 is 1.20 bits per heavy atom. The number of likely N-dealkylation sites (tertiary alicyclic amines) is 2. The molecular formula is C14H24N2O4. The van der Waals surface area contributed by atoms with Gasteiger partial charge in [-0.1, -0.05) is 0 Å². The highest BCUT2D eigenvalue weighted by Gasteiger charge is 2.40. The summed E-state index contributed by atoms with van der Waals surface area (Å²) in [6.45, 7) is 5.79. The first-order chi connectivity index (χ1) is 9.33. The molecule has 0 aliphatic carbocycles. The summed E-state index contributed by atoms with van der Waals surface area (Å²) >= 11 is 0. The third kappa shape index (κ3) is 2.90. The summed E-state index contributed by atoms with van der Waals surface area (Å²) in [4.78, 5) is 27.1. The van der Waals surface area contributed by atoms with Crippen molar-refractivity contribution in [2.75, 3.05) is 26.2 Å². The summed E-state index contributed by atoms with van der Waals surface area (Å²) in [6, 6.07) is -0.0133. The lowest BCUT2D eigenvalue weighted by atomic mass is 9.80. The normalized spacial score (nSPS) is 27.4. The molecule has 2 amide bonds. The molecular weight excluding hydrogens is 260 g/mol. The number of amides is 2. The van der Waals surface area contributed by atoms with Gasteiger partial charge in [0.1, 0.15) is 0 Å². The number of urea groups is 1. The van der Waals surface area contributed by atoms with Crippen molar-refractivity contribution < 1.29 is 19.8 Å². The van der Waals surface area contributed by atoms with E-state index in [-0.39, 0.29) is 18.1 Å². The van der Waals surface area contributed by atoms with Crippen molar-refractivity contribution in [3.8, 4) is 0 Å². The number of aliphatic hydroxyl groups is 1. The van der Waals surface area contributed by atoms with Crippen LogP contribution >= 0.6 is 0 Å². The second-order valence-electron chi connectivity index (χ2n) is 6.37. The van der Waals surface area contributed by atoms with Crippen molar-refractivity contribution in [3.63, 3.8) is 0 Å². The van der Waals surface area contributed by atoms with Crippen molar-refractivity contribution in [3.05, 3.63) is 0 Å². The van der Waals surface area contributed by atoms with Gasteiger partial charge in [-0.25, -0.2) is 4.79 Å². The van der Waals surface area contributed by atoms with Crippen molar-refractivity contribution in [1.82, 2.24) is 9.80 Å². The molecule has 2 saturated heterocycles. The van der Waals surface area contributed by atoms with E-state index in [9.17, 15) is 19.8 Å². The van der Waals surface area contributed by atoms with Crippen LogP contribution in [0.1, 0.15) is 33.1 Å². The first kappa shape index (κ1) is 15.1. The first-order valence-corrected chi connectivity index (χ1v) is 7.29. The molecule has 2 aliphatic rings. The largest absolute Gasteiger partial charge is 0.481 e. The van der Waals surface area contributed by atoms with Gasteiger partial charge in [-0.3, -0.25) is 4.79 Å². The van der Waals surface area contributed by atoms with Gasteiger partial charge in [0.2, 0.25) is 0 Å². The van der Waals surface area contributed by atoms with Gasteiger partial charge in [-0.2, -0.15) is 0 Å². The Bertz CT molecular complexity index is 389. The lowest BCUT2D eigenvalue weighted by Gasteiger charge is -2.38. The van der Waals surface area contributed by atoms with Gasteiger partial charge in [-0.05, 0) is 33.1 Å². The zero-order valence-electron chi connectivity index (χ0n) is 12.2. The Kier molecular flexibility index (Phi) is 4.22. The summed E-state index contributed by atoms with van der Waals surface area (Å²) in [5, 5.41) is 18.8. The highest BCUT2D eigenvalue weighted by molar-refractivity contribution is 5.77. The van der Waals surface area contributed by atoms with Crippen molar-refractivity contribution in [1.29, 1.82) is 0 Å². The summed E-state index contributed by atoms with van der Waals surface area (Å²) in [7, 11) is 0. The zero-order valence-corrected chi connectivity index (χ0v) is 12.2. The molecule has 114 valence electrons. The summed E-state index contributed by atoms with van der Waals surface area (Å²) in [5.41, 5.74) is -0.704. The van der Waals surface area contributed by atoms with Crippen LogP contribution in [-0.4, -0.2) is 64.3 Å². The van der Waals surface area contributed by atoms with Crippen molar-refractivity contribution in [2.45, 2.75) is 39.2 Å². The number of rotatable bonds is 2. The van der Waals surface area contributed by atoms with Crippen LogP contribution in [0, 0.1) is 11.3 Å². The molecule has 0 radical (unpaired) electrons. The smallest absolute Gasteiger partial charge is 0.320 e. The monoisotopic (exact) mass is 284 g/mol. The number of nitrogens with zero attached hydrogens (tertiary/aromatic N) is 2. The van der Waals surface area contributed by atoms with E-state index in [2.05, 4.69) is 0 Å². The predicted octanol–water partition coefficient (Wildman–Crippen LogP) is 0.996. The quantitative estimate of drug-likeness (QED) is 0.792. The number of piperidine rings is 1. The van der Waals surface area contributed by atoms with E-state index >= 15 is 0 Å². The van der Waals surface area contributed by atoms with Crippen LogP contribution in [0.4, 0.5) is 4.79 Å². The molecule has 2 N–H and O–H groups in total. The fraction of sp³-hybridized carbons (Fsp3) is 0.857. The number of carboxylic acid groups (broad SMARTS) is 1. The maximum atomic E-state index is 12.4. The molecule has 2 rings (SSSR count). The Balaban J connectivity index is 1.88. The Morgan fingerprint density at radius 2 is 1.80 bits per heavy atom. The highest BCUT2D eigenvalue weighted by Crippen LogP contribution is 2.32. The second-order valence-corrected chi connectivity index (χ2v) is 6.37. The van der Waals surface area contributed by atoms with Crippen LogP contribution in [-0.2, 0) is 4.79 Å². The fourth-order valence-electron chi connectivity index (χ4n) is 2.96. The summed E-state index contributed by atoms with van der Waals surface area (Å²) < 4.78 is 0. The van der Waals surface area contributed by atoms with Gasteiger partial charge in [-0.15, -0.1) is 0 Å². The van der Waals surface area contributed by atoms with E-state index in [4.69, 9.17) is 0 Å². The van der Waals surface area contributed by atoms with Gasteiger partial charge in [0, 0.05) is 32.1 Å². The van der Waals surface area contributed by atoms with Gasteiger partial charge < -0.3 is 20.0 Å². The molecule has 6 heteroatoms. The van der Waals surface area contributed by atoms with E-state index in [1.54, 1.807) is 23.6 Å². The molecule has 2 atom stereocenters. The SMILES string of the molecule is CC(O)C1CCN(C(=O)N2CCC(C)(C(=O)O)CC2)C1. The minimum atomic E-state index is -0.778. The van der Waals surface area contributed by atoms with E-state index in [1.807, 2.05) is 0 Å². The number of carbonyl (C=O) groups excluding carboxylic acids is 1. The number of carboxylic acids is 1. The average Bonchev–Trinajstić information content (AvgIpc) is 2.88. The molecule has 2 aliphatic heterocycles. The number of aliphatic carboxylic acids is 1. The maximum absolute atomic E-state index is 12.4. The molecule has 0 aromatic heterocycles. The first-order valence-electron chi connectivity index (χ1n) is 7.29. The van der Waals surface area contributed by atoms with E-state index in [0.717, 1.165) is 6.42 Å². The number of carbonyl (C=O) groups is 2. The van der Waals surface area contributed by atoms with Gasteiger partial charge in [0.25, 0.3) is 0 Å². The average molecular weight is 284 g/mol. The van der Waals surface area contributed by atoms with Crippen molar-refractivity contribution in [2.24, 2.45) is 11.3 Å². The molecule has 0 aromatic rings. The molecule has 2 unspecified atom stereocenters. The van der Waals surface area contributed by atoms with E-state index < -0.39 is 11.4 Å². The molecule has 6 nitrogen and oxygen atoms in total. The fourth-order valence-corrected chi connectivity index (χ4v) is 2.96. The molecule has 0 saturated carbocycles. The van der Waals surface area contributed by atoms with Gasteiger partial charge in [0.15, 0.2) is 0 Å². The predicted molar refractivity (Wildman–Crippen MR) is 73.3 cm³/mol. The maximum Gasteiger partial charge on any atom is 0.320 e. The Hall–Kier alpha value is -1.30. The molecule has 0 aromatic carbocycles. The Labute approximate surface area is 119 Å².